The summed E-state index contributed by atoms with van der Waals surface area (Å²) in [5.41, 5.74) is 7.11. The lowest BCUT2D eigenvalue weighted by Gasteiger charge is -2.25. The second-order valence-corrected chi connectivity index (χ2v) is 4.35. The number of hydrogen-bond acceptors (Lipinski definition) is 1. The van der Waals surface area contributed by atoms with E-state index >= 15 is 0 Å². The molecule has 0 fully saturated rings. The SMILES string of the molecule is Cc1cccc(C)c1CC(C)(N)C(F)F. The van der Waals surface area contributed by atoms with Crippen LogP contribution in [0.15, 0.2) is 18.2 Å². The minimum Gasteiger partial charge on any atom is -0.320 e. The molecular weight excluding hydrogens is 196 g/mol. The van der Waals surface area contributed by atoms with Gasteiger partial charge in [0, 0.05) is 0 Å². The zero-order valence-corrected chi connectivity index (χ0v) is 9.35. The first-order chi connectivity index (χ1) is 6.84. The van der Waals surface area contributed by atoms with Crippen LogP contribution in [0.25, 0.3) is 0 Å². The van der Waals surface area contributed by atoms with E-state index in [1.54, 1.807) is 0 Å². The Bertz CT molecular complexity index is 325. The third-order valence-corrected chi connectivity index (χ3v) is 2.70. The molecule has 84 valence electrons. The Labute approximate surface area is 89.3 Å². The van der Waals surface area contributed by atoms with Crippen LogP contribution in [0.2, 0.25) is 0 Å². The lowest BCUT2D eigenvalue weighted by molar-refractivity contribution is 0.0638. The average Bonchev–Trinajstić information content (AvgIpc) is 2.11. The van der Waals surface area contributed by atoms with Crippen LogP contribution in [0.4, 0.5) is 8.78 Å². The van der Waals surface area contributed by atoms with E-state index in [1.807, 2.05) is 32.0 Å². The molecule has 0 saturated heterocycles. The van der Waals surface area contributed by atoms with E-state index in [0.29, 0.717) is 0 Å². The largest absolute Gasteiger partial charge is 0.320 e. The molecule has 1 nitrogen and oxygen atoms in total. The number of aryl methyl sites for hydroxylation is 2. The molecule has 2 N–H and O–H groups in total. The van der Waals surface area contributed by atoms with Crippen LogP contribution in [0.3, 0.4) is 0 Å². The fourth-order valence-corrected chi connectivity index (χ4v) is 1.59. The lowest BCUT2D eigenvalue weighted by Crippen LogP contribution is -2.46. The van der Waals surface area contributed by atoms with Gasteiger partial charge in [0.05, 0.1) is 5.54 Å². The van der Waals surface area contributed by atoms with Gasteiger partial charge in [-0.25, -0.2) is 8.78 Å². The minimum absolute atomic E-state index is 0.211. The van der Waals surface area contributed by atoms with Crippen LogP contribution >= 0.6 is 0 Å². The summed E-state index contributed by atoms with van der Waals surface area (Å²) in [7, 11) is 0. The summed E-state index contributed by atoms with van der Waals surface area (Å²) in [4.78, 5) is 0. The Balaban J connectivity index is 2.99. The Morgan fingerprint density at radius 3 is 2.13 bits per heavy atom. The van der Waals surface area contributed by atoms with Crippen LogP contribution in [0.1, 0.15) is 23.6 Å². The molecule has 1 aromatic rings. The first-order valence-corrected chi connectivity index (χ1v) is 4.96. The fourth-order valence-electron chi connectivity index (χ4n) is 1.59. The van der Waals surface area contributed by atoms with Crippen molar-refractivity contribution in [3.8, 4) is 0 Å². The zero-order valence-electron chi connectivity index (χ0n) is 9.35. The monoisotopic (exact) mass is 213 g/mol. The quantitative estimate of drug-likeness (QED) is 0.821. The van der Waals surface area contributed by atoms with Crippen LogP contribution in [0.5, 0.6) is 0 Å². The van der Waals surface area contributed by atoms with Gasteiger partial charge < -0.3 is 5.73 Å². The summed E-state index contributed by atoms with van der Waals surface area (Å²) in [6.07, 6.45) is -2.29. The van der Waals surface area contributed by atoms with Crippen molar-refractivity contribution < 1.29 is 8.78 Å². The fraction of sp³-hybridized carbons (Fsp3) is 0.500. The molecule has 0 heterocycles. The van der Waals surface area contributed by atoms with Crippen molar-refractivity contribution >= 4 is 0 Å². The first-order valence-electron chi connectivity index (χ1n) is 4.96. The molecule has 0 aromatic heterocycles. The standard InChI is InChI=1S/C12H17F2N/c1-8-5-4-6-9(2)10(8)7-12(3,15)11(13)14/h4-6,11H,7,15H2,1-3H3. The Morgan fingerprint density at radius 1 is 1.27 bits per heavy atom. The van der Waals surface area contributed by atoms with E-state index < -0.39 is 12.0 Å². The van der Waals surface area contributed by atoms with Gasteiger partial charge in [-0.05, 0) is 43.9 Å². The van der Waals surface area contributed by atoms with Gasteiger partial charge in [-0.2, -0.15) is 0 Å². The highest BCUT2D eigenvalue weighted by atomic mass is 19.3. The molecule has 0 amide bonds. The van der Waals surface area contributed by atoms with Gasteiger partial charge in [0.2, 0.25) is 0 Å². The van der Waals surface area contributed by atoms with Gasteiger partial charge >= 0.3 is 0 Å². The van der Waals surface area contributed by atoms with Crippen molar-refractivity contribution in [2.75, 3.05) is 0 Å². The average molecular weight is 213 g/mol. The van der Waals surface area contributed by atoms with Crippen molar-refractivity contribution in [3.05, 3.63) is 34.9 Å². The second kappa shape index (κ2) is 4.27. The van der Waals surface area contributed by atoms with E-state index in [1.165, 1.54) is 6.92 Å². The second-order valence-electron chi connectivity index (χ2n) is 4.35. The Hall–Kier alpha value is -0.960. The molecule has 0 radical (unpaired) electrons. The van der Waals surface area contributed by atoms with Gasteiger partial charge in [-0.3, -0.25) is 0 Å². The van der Waals surface area contributed by atoms with E-state index in [2.05, 4.69) is 0 Å². The van der Waals surface area contributed by atoms with Crippen LogP contribution in [0, 0.1) is 13.8 Å². The summed E-state index contributed by atoms with van der Waals surface area (Å²) in [6, 6.07) is 5.76. The summed E-state index contributed by atoms with van der Waals surface area (Å²) < 4.78 is 25.3. The van der Waals surface area contributed by atoms with Gasteiger partial charge in [0.25, 0.3) is 6.43 Å². The zero-order chi connectivity index (χ0) is 11.6. The molecule has 0 aliphatic heterocycles. The van der Waals surface area contributed by atoms with Crippen LogP contribution in [-0.4, -0.2) is 12.0 Å². The maximum Gasteiger partial charge on any atom is 0.256 e. The third kappa shape index (κ3) is 2.75. The summed E-state index contributed by atoms with van der Waals surface area (Å²) >= 11 is 0. The van der Waals surface area contributed by atoms with Gasteiger partial charge in [-0.1, -0.05) is 18.2 Å². The van der Waals surface area contributed by atoms with Crippen molar-refractivity contribution in [1.82, 2.24) is 0 Å². The predicted molar refractivity (Wildman–Crippen MR) is 58.2 cm³/mol. The highest BCUT2D eigenvalue weighted by Gasteiger charge is 2.31. The number of benzene rings is 1. The molecule has 0 spiro atoms. The maximum atomic E-state index is 12.6. The molecule has 1 atom stereocenters. The predicted octanol–water partition coefficient (Wildman–Crippen LogP) is 2.83. The van der Waals surface area contributed by atoms with Crippen molar-refractivity contribution in [2.24, 2.45) is 5.73 Å². The highest BCUT2D eigenvalue weighted by Crippen LogP contribution is 2.22. The molecule has 0 aliphatic rings. The number of nitrogens with two attached hydrogens (primary N) is 1. The number of rotatable bonds is 3. The normalized spacial score (nSPS) is 15.4. The number of alkyl halides is 2. The number of hydrogen-bond donors (Lipinski definition) is 1. The van der Waals surface area contributed by atoms with Gasteiger partial charge in [0.15, 0.2) is 0 Å². The van der Waals surface area contributed by atoms with E-state index in [-0.39, 0.29) is 6.42 Å². The van der Waals surface area contributed by atoms with Crippen LogP contribution < -0.4 is 5.73 Å². The summed E-state index contributed by atoms with van der Waals surface area (Å²) in [5.74, 6) is 0. The molecule has 0 aliphatic carbocycles. The van der Waals surface area contributed by atoms with E-state index in [9.17, 15) is 8.78 Å². The van der Waals surface area contributed by atoms with Gasteiger partial charge in [-0.15, -0.1) is 0 Å². The molecule has 1 rings (SSSR count). The van der Waals surface area contributed by atoms with Crippen LogP contribution in [-0.2, 0) is 6.42 Å². The molecule has 0 saturated carbocycles. The topological polar surface area (TPSA) is 26.0 Å². The van der Waals surface area contributed by atoms with E-state index in [0.717, 1.165) is 16.7 Å². The first kappa shape index (κ1) is 12.1. The minimum atomic E-state index is -2.50. The summed E-state index contributed by atoms with van der Waals surface area (Å²) in [5, 5.41) is 0. The van der Waals surface area contributed by atoms with Crippen molar-refractivity contribution in [3.63, 3.8) is 0 Å². The Kier molecular flexibility index (Phi) is 3.45. The molecule has 1 aromatic carbocycles. The molecule has 0 bridgehead atoms. The lowest BCUT2D eigenvalue weighted by atomic mass is 9.89. The van der Waals surface area contributed by atoms with E-state index in [4.69, 9.17) is 5.73 Å². The highest BCUT2D eigenvalue weighted by molar-refractivity contribution is 5.34. The maximum absolute atomic E-state index is 12.6. The molecule has 1 unspecified atom stereocenters. The molecule has 3 heteroatoms. The summed E-state index contributed by atoms with van der Waals surface area (Å²) in [6.45, 7) is 5.23. The molecular formula is C12H17F2N. The smallest absolute Gasteiger partial charge is 0.256 e. The van der Waals surface area contributed by atoms with Gasteiger partial charge in [0.1, 0.15) is 0 Å². The molecule has 15 heavy (non-hydrogen) atoms. The van der Waals surface area contributed by atoms with Crippen molar-refractivity contribution in [1.29, 1.82) is 0 Å². The third-order valence-electron chi connectivity index (χ3n) is 2.70. The van der Waals surface area contributed by atoms with Crippen molar-refractivity contribution in [2.45, 2.75) is 39.2 Å². The Morgan fingerprint density at radius 2 is 1.73 bits per heavy atom. The number of halogens is 2.